The molecule has 0 radical (unpaired) electrons. The summed E-state index contributed by atoms with van der Waals surface area (Å²) in [5, 5.41) is 21.3. The molecule has 3 N–H and O–H groups in total. The average molecular weight is 279 g/mol. The lowest BCUT2D eigenvalue weighted by atomic mass is 10.0. The minimum absolute atomic E-state index is 0.0000946. The van der Waals surface area contributed by atoms with Crippen LogP contribution in [0.2, 0.25) is 0 Å². The molecule has 108 valence electrons. The van der Waals surface area contributed by atoms with Gasteiger partial charge in [0.15, 0.2) is 5.52 Å². The van der Waals surface area contributed by atoms with Crippen LogP contribution < -0.4 is 11.1 Å². The molecule has 0 aliphatic rings. The number of hydrogen-bond donors (Lipinski definition) is 2. The van der Waals surface area contributed by atoms with E-state index in [0.717, 1.165) is 6.42 Å². The fourth-order valence-electron chi connectivity index (χ4n) is 2.07. The maximum absolute atomic E-state index is 10.9. The number of nitrogens with zero attached hydrogens (tertiary/aromatic N) is 3. The quantitative estimate of drug-likeness (QED) is 0.612. The number of rotatable bonds is 6. The normalized spacial score (nSPS) is 12.8. The molecule has 0 saturated carbocycles. The SMILES string of the molecule is CC(C)C[C@H](N)CNc1ccc([N+](=O)[O-])c2nonc12. The van der Waals surface area contributed by atoms with Gasteiger partial charge in [-0.3, -0.25) is 10.1 Å². The topological polar surface area (TPSA) is 120 Å². The van der Waals surface area contributed by atoms with E-state index in [0.29, 0.717) is 23.7 Å². The van der Waals surface area contributed by atoms with Crippen molar-refractivity contribution < 1.29 is 9.55 Å². The van der Waals surface area contributed by atoms with Crippen molar-refractivity contribution in [3.05, 3.63) is 22.2 Å². The predicted molar refractivity (Wildman–Crippen MR) is 74.4 cm³/mol. The number of nitro benzene ring substituents is 1. The first-order valence-corrected chi connectivity index (χ1v) is 6.38. The molecule has 0 fully saturated rings. The molecule has 0 aliphatic heterocycles. The number of nitrogens with two attached hydrogens (primary N) is 1. The molecule has 20 heavy (non-hydrogen) atoms. The Hall–Kier alpha value is -2.22. The fourth-order valence-corrected chi connectivity index (χ4v) is 2.07. The van der Waals surface area contributed by atoms with E-state index in [2.05, 4.69) is 34.1 Å². The lowest BCUT2D eigenvalue weighted by Crippen LogP contribution is -2.30. The summed E-state index contributed by atoms with van der Waals surface area (Å²) in [4.78, 5) is 10.4. The number of anilines is 1. The van der Waals surface area contributed by atoms with Gasteiger partial charge >= 0.3 is 5.69 Å². The number of fused-ring (bicyclic) bond motifs is 1. The van der Waals surface area contributed by atoms with Crippen LogP contribution in [0.4, 0.5) is 11.4 Å². The Morgan fingerprint density at radius 1 is 1.40 bits per heavy atom. The fraction of sp³-hybridized carbons (Fsp3) is 0.500. The molecule has 0 saturated heterocycles. The first-order chi connectivity index (χ1) is 9.49. The molecule has 1 aromatic carbocycles. The van der Waals surface area contributed by atoms with Crippen LogP contribution in [0.1, 0.15) is 20.3 Å². The third kappa shape index (κ3) is 3.02. The zero-order valence-corrected chi connectivity index (χ0v) is 11.4. The molecular weight excluding hydrogens is 262 g/mol. The van der Waals surface area contributed by atoms with Crippen LogP contribution in [-0.4, -0.2) is 27.8 Å². The van der Waals surface area contributed by atoms with Crippen LogP contribution in [-0.2, 0) is 0 Å². The van der Waals surface area contributed by atoms with Crippen molar-refractivity contribution in [1.82, 2.24) is 10.3 Å². The van der Waals surface area contributed by atoms with E-state index in [-0.39, 0.29) is 17.2 Å². The standard InChI is InChI=1S/C12H17N5O3/c1-7(2)5-8(13)6-14-9-3-4-10(17(18)19)12-11(9)15-20-16-12/h3-4,7-8,14H,5-6,13H2,1-2H3/t8-/m0/s1. The van der Waals surface area contributed by atoms with Gasteiger partial charge in [-0.2, -0.15) is 0 Å². The molecule has 0 spiro atoms. The van der Waals surface area contributed by atoms with Crippen LogP contribution in [0.5, 0.6) is 0 Å². The van der Waals surface area contributed by atoms with Gasteiger partial charge < -0.3 is 11.1 Å². The van der Waals surface area contributed by atoms with Gasteiger partial charge in [0.1, 0.15) is 0 Å². The number of non-ortho nitro benzene ring substituents is 1. The van der Waals surface area contributed by atoms with Crippen molar-refractivity contribution >= 4 is 22.4 Å². The Balaban J connectivity index is 2.17. The second-order valence-corrected chi connectivity index (χ2v) is 5.12. The van der Waals surface area contributed by atoms with E-state index in [1.54, 1.807) is 6.07 Å². The summed E-state index contributed by atoms with van der Waals surface area (Å²) in [5.74, 6) is 0.511. The lowest BCUT2D eigenvalue weighted by Gasteiger charge is -2.15. The molecule has 2 aromatic rings. The second-order valence-electron chi connectivity index (χ2n) is 5.12. The molecule has 1 heterocycles. The van der Waals surface area contributed by atoms with Crippen molar-refractivity contribution in [3.8, 4) is 0 Å². The minimum atomic E-state index is -0.513. The van der Waals surface area contributed by atoms with Crippen LogP contribution in [0.15, 0.2) is 16.8 Å². The lowest BCUT2D eigenvalue weighted by molar-refractivity contribution is -0.383. The molecule has 0 unspecified atom stereocenters. The summed E-state index contributed by atoms with van der Waals surface area (Å²) in [7, 11) is 0. The van der Waals surface area contributed by atoms with Gasteiger partial charge in [0.2, 0.25) is 5.52 Å². The van der Waals surface area contributed by atoms with E-state index in [1.165, 1.54) is 6.07 Å². The van der Waals surface area contributed by atoms with Crippen molar-refractivity contribution in [1.29, 1.82) is 0 Å². The van der Waals surface area contributed by atoms with Gasteiger partial charge in [-0.1, -0.05) is 13.8 Å². The van der Waals surface area contributed by atoms with Crippen molar-refractivity contribution in [3.63, 3.8) is 0 Å². The van der Waals surface area contributed by atoms with E-state index >= 15 is 0 Å². The van der Waals surface area contributed by atoms with Crippen molar-refractivity contribution in [2.75, 3.05) is 11.9 Å². The molecule has 8 heteroatoms. The summed E-state index contributed by atoms with van der Waals surface area (Å²) in [6, 6.07) is 2.97. The molecular formula is C12H17N5O3. The maximum atomic E-state index is 10.9. The number of benzene rings is 1. The van der Waals surface area contributed by atoms with Gasteiger partial charge in [0.25, 0.3) is 0 Å². The van der Waals surface area contributed by atoms with Crippen LogP contribution >= 0.6 is 0 Å². The van der Waals surface area contributed by atoms with Gasteiger partial charge in [-0.05, 0) is 28.7 Å². The molecule has 0 amide bonds. The third-order valence-corrected chi connectivity index (χ3v) is 2.92. The minimum Gasteiger partial charge on any atom is -0.382 e. The Morgan fingerprint density at radius 2 is 2.10 bits per heavy atom. The Labute approximate surface area is 115 Å². The van der Waals surface area contributed by atoms with Gasteiger partial charge in [0, 0.05) is 18.7 Å². The monoisotopic (exact) mass is 279 g/mol. The smallest absolute Gasteiger partial charge is 0.300 e. The maximum Gasteiger partial charge on any atom is 0.300 e. The predicted octanol–water partition coefficient (Wildman–Crippen LogP) is 1.92. The summed E-state index contributed by atoms with van der Waals surface area (Å²) in [6.07, 6.45) is 0.889. The highest BCUT2D eigenvalue weighted by Gasteiger charge is 2.19. The van der Waals surface area contributed by atoms with E-state index in [9.17, 15) is 10.1 Å². The van der Waals surface area contributed by atoms with Gasteiger partial charge in [-0.25, -0.2) is 4.63 Å². The van der Waals surface area contributed by atoms with E-state index in [4.69, 9.17) is 5.73 Å². The van der Waals surface area contributed by atoms with E-state index < -0.39 is 4.92 Å². The molecule has 0 aliphatic carbocycles. The second kappa shape index (κ2) is 5.83. The zero-order valence-electron chi connectivity index (χ0n) is 11.4. The number of hydrogen-bond acceptors (Lipinski definition) is 7. The van der Waals surface area contributed by atoms with Gasteiger partial charge in [0.05, 0.1) is 10.6 Å². The summed E-state index contributed by atoms with van der Waals surface area (Å²) >= 11 is 0. The molecule has 1 aromatic heterocycles. The van der Waals surface area contributed by atoms with Crippen LogP contribution in [0.25, 0.3) is 11.0 Å². The number of aromatic nitrogens is 2. The van der Waals surface area contributed by atoms with Crippen molar-refractivity contribution in [2.24, 2.45) is 11.7 Å². The highest BCUT2D eigenvalue weighted by Crippen LogP contribution is 2.28. The molecule has 8 nitrogen and oxygen atoms in total. The third-order valence-electron chi connectivity index (χ3n) is 2.92. The summed E-state index contributed by atoms with van der Waals surface area (Å²) in [5.41, 5.74) is 6.97. The van der Waals surface area contributed by atoms with Crippen molar-refractivity contribution in [2.45, 2.75) is 26.3 Å². The highest BCUT2D eigenvalue weighted by molar-refractivity contribution is 5.93. The first-order valence-electron chi connectivity index (χ1n) is 6.38. The van der Waals surface area contributed by atoms with E-state index in [1.807, 2.05) is 0 Å². The number of nitrogens with one attached hydrogen (secondary N) is 1. The Bertz CT molecular complexity index is 610. The highest BCUT2D eigenvalue weighted by atomic mass is 16.6. The first kappa shape index (κ1) is 14.2. The van der Waals surface area contributed by atoms with Gasteiger partial charge in [-0.15, -0.1) is 0 Å². The average Bonchev–Trinajstić information content (AvgIpc) is 2.83. The zero-order chi connectivity index (χ0) is 14.7. The number of nitro groups is 1. The van der Waals surface area contributed by atoms with Crippen LogP contribution in [0.3, 0.4) is 0 Å². The Morgan fingerprint density at radius 3 is 2.75 bits per heavy atom. The largest absolute Gasteiger partial charge is 0.382 e. The molecule has 0 bridgehead atoms. The summed E-state index contributed by atoms with van der Waals surface area (Å²) in [6.45, 7) is 4.76. The van der Waals surface area contributed by atoms with Crippen LogP contribution in [0, 0.1) is 16.0 Å². The molecule has 2 rings (SSSR count). The Kier molecular flexibility index (Phi) is 4.14. The summed E-state index contributed by atoms with van der Waals surface area (Å²) < 4.78 is 4.59. The molecule has 1 atom stereocenters.